The molecule has 0 unspecified atom stereocenters. The maximum Gasteiger partial charge on any atom is 0.408 e. The zero-order valence-corrected chi connectivity index (χ0v) is 16.5. The highest BCUT2D eigenvalue weighted by Gasteiger charge is 2.33. The molecule has 26 heavy (non-hydrogen) atoms. The van der Waals surface area contributed by atoms with Gasteiger partial charge in [-0.15, -0.1) is 0 Å². The first-order chi connectivity index (χ1) is 11.7. The van der Waals surface area contributed by atoms with Crippen molar-refractivity contribution in [2.75, 3.05) is 7.11 Å². The van der Waals surface area contributed by atoms with Gasteiger partial charge in [0.1, 0.15) is 17.7 Å². The van der Waals surface area contributed by atoms with Gasteiger partial charge in [0.15, 0.2) is 0 Å². The highest BCUT2D eigenvalue weighted by Crippen LogP contribution is 2.19. The molecule has 0 fully saturated rings. The summed E-state index contributed by atoms with van der Waals surface area (Å²) in [6.45, 7) is 10.1. The Morgan fingerprint density at radius 1 is 1.00 bits per heavy atom. The molecule has 9 nitrogen and oxygen atoms in total. The fraction of sp³-hybridized carbons (Fsp3) is 0.765. The van der Waals surface area contributed by atoms with Crippen LogP contribution in [0.5, 0.6) is 0 Å². The average molecular weight is 374 g/mol. The van der Waals surface area contributed by atoms with Gasteiger partial charge >= 0.3 is 18.0 Å². The van der Waals surface area contributed by atoms with E-state index in [1.54, 1.807) is 41.5 Å². The summed E-state index contributed by atoms with van der Waals surface area (Å²) in [5.74, 6) is -2.43. The topological polar surface area (TPSA) is 131 Å². The minimum Gasteiger partial charge on any atom is -0.480 e. The van der Waals surface area contributed by atoms with Crippen molar-refractivity contribution in [1.82, 2.24) is 10.6 Å². The summed E-state index contributed by atoms with van der Waals surface area (Å²) in [6.07, 6.45) is -1.05. The third-order valence-electron chi connectivity index (χ3n) is 3.26. The fourth-order valence-corrected chi connectivity index (χ4v) is 2.00. The molecule has 2 atom stereocenters. The standard InChI is InChI=1S/C17H30N2O7/c1-16(2,3)12(13(21)22)19-11(20)9-8-10(14(23)25-7)18-15(24)26-17(4,5)6/h10,12H,8-9H2,1-7H3,(H,18,24)(H,19,20)(H,21,22)/t10-,12+/m0/s1. The molecular weight excluding hydrogens is 344 g/mol. The van der Waals surface area contributed by atoms with Crippen LogP contribution in [-0.4, -0.2) is 53.8 Å². The highest BCUT2D eigenvalue weighted by atomic mass is 16.6. The number of hydrogen-bond acceptors (Lipinski definition) is 6. The van der Waals surface area contributed by atoms with Gasteiger partial charge in [-0.1, -0.05) is 20.8 Å². The number of carboxylic acids is 1. The predicted octanol–water partition coefficient (Wildman–Crippen LogP) is 1.45. The van der Waals surface area contributed by atoms with E-state index >= 15 is 0 Å². The molecule has 0 saturated carbocycles. The summed E-state index contributed by atoms with van der Waals surface area (Å²) >= 11 is 0. The van der Waals surface area contributed by atoms with Gasteiger partial charge in [-0.25, -0.2) is 14.4 Å². The molecule has 150 valence electrons. The summed E-state index contributed by atoms with van der Waals surface area (Å²) in [5.41, 5.74) is -1.43. The van der Waals surface area contributed by atoms with Gasteiger partial charge in [0, 0.05) is 6.42 Å². The van der Waals surface area contributed by atoms with E-state index in [0.29, 0.717) is 0 Å². The summed E-state index contributed by atoms with van der Waals surface area (Å²) in [4.78, 5) is 47.0. The third kappa shape index (κ3) is 9.24. The number of alkyl carbamates (subject to hydrolysis) is 1. The van der Waals surface area contributed by atoms with Gasteiger partial charge in [0.25, 0.3) is 0 Å². The van der Waals surface area contributed by atoms with Gasteiger partial charge < -0.3 is 25.2 Å². The molecular formula is C17H30N2O7. The lowest BCUT2D eigenvalue weighted by atomic mass is 9.86. The lowest BCUT2D eigenvalue weighted by Gasteiger charge is -2.28. The molecule has 0 aromatic carbocycles. The molecule has 0 aliphatic heterocycles. The number of ether oxygens (including phenoxy) is 2. The molecule has 0 aliphatic carbocycles. The second kappa shape index (κ2) is 9.40. The number of hydrogen-bond donors (Lipinski definition) is 3. The first-order valence-corrected chi connectivity index (χ1v) is 8.27. The van der Waals surface area contributed by atoms with Gasteiger partial charge in [-0.05, 0) is 32.6 Å². The first kappa shape index (κ1) is 23.7. The van der Waals surface area contributed by atoms with E-state index in [9.17, 15) is 24.3 Å². The molecule has 2 amide bonds. The number of carbonyl (C=O) groups excluding carboxylic acids is 3. The summed E-state index contributed by atoms with van der Waals surface area (Å²) in [5, 5.41) is 14.0. The van der Waals surface area contributed by atoms with Crippen molar-refractivity contribution in [3.8, 4) is 0 Å². The van der Waals surface area contributed by atoms with Crippen LogP contribution in [0.25, 0.3) is 0 Å². The summed E-state index contributed by atoms with van der Waals surface area (Å²) in [6, 6.07) is -2.16. The van der Waals surface area contributed by atoms with Crippen molar-refractivity contribution >= 4 is 23.9 Å². The van der Waals surface area contributed by atoms with Crippen LogP contribution >= 0.6 is 0 Å². The van der Waals surface area contributed by atoms with Crippen molar-refractivity contribution in [1.29, 1.82) is 0 Å². The minimum absolute atomic E-state index is 0.0613. The van der Waals surface area contributed by atoms with Crippen LogP contribution < -0.4 is 10.6 Å². The van der Waals surface area contributed by atoms with Crippen LogP contribution in [-0.2, 0) is 23.9 Å². The Bertz CT molecular complexity index is 532. The minimum atomic E-state index is -1.15. The number of carbonyl (C=O) groups is 4. The van der Waals surface area contributed by atoms with Crippen molar-refractivity contribution < 1.29 is 33.8 Å². The molecule has 0 aromatic heterocycles. The normalized spacial score (nSPS) is 14.0. The Balaban J connectivity index is 4.84. The van der Waals surface area contributed by atoms with Crippen LogP contribution in [0.2, 0.25) is 0 Å². The van der Waals surface area contributed by atoms with Crippen molar-refractivity contribution in [3.63, 3.8) is 0 Å². The Labute approximate surface area is 153 Å². The highest BCUT2D eigenvalue weighted by molar-refractivity contribution is 5.85. The summed E-state index contributed by atoms with van der Waals surface area (Å²) < 4.78 is 9.69. The van der Waals surface area contributed by atoms with Crippen LogP contribution in [0, 0.1) is 5.41 Å². The lowest BCUT2D eigenvalue weighted by Crippen LogP contribution is -2.49. The van der Waals surface area contributed by atoms with Crippen LogP contribution in [0.4, 0.5) is 4.79 Å². The number of amides is 2. The molecule has 0 heterocycles. The number of methoxy groups -OCH3 is 1. The quantitative estimate of drug-likeness (QED) is 0.575. The molecule has 0 saturated heterocycles. The Hall–Kier alpha value is -2.32. The van der Waals surface area contributed by atoms with E-state index in [4.69, 9.17) is 4.74 Å². The van der Waals surface area contributed by atoms with E-state index in [1.807, 2.05) is 0 Å². The van der Waals surface area contributed by atoms with Crippen molar-refractivity contribution in [3.05, 3.63) is 0 Å². The molecule has 0 spiro atoms. The van der Waals surface area contributed by atoms with E-state index < -0.39 is 47.0 Å². The van der Waals surface area contributed by atoms with E-state index in [1.165, 1.54) is 0 Å². The fourth-order valence-electron chi connectivity index (χ4n) is 2.00. The average Bonchev–Trinajstić information content (AvgIpc) is 2.44. The number of rotatable bonds is 7. The number of nitrogens with one attached hydrogen (secondary N) is 2. The van der Waals surface area contributed by atoms with Gasteiger partial charge in [0.05, 0.1) is 7.11 Å². The Morgan fingerprint density at radius 2 is 1.54 bits per heavy atom. The Kier molecular flexibility index (Phi) is 8.56. The van der Waals surface area contributed by atoms with Crippen LogP contribution in [0.1, 0.15) is 54.4 Å². The lowest BCUT2D eigenvalue weighted by molar-refractivity contribution is -0.146. The Morgan fingerprint density at radius 3 is 1.92 bits per heavy atom. The second-order valence-electron chi connectivity index (χ2n) is 7.97. The van der Waals surface area contributed by atoms with E-state index in [0.717, 1.165) is 7.11 Å². The molecule has 0 radical (unpaired) electrons. The zero-order chi connectivity index (χ0) is 20.7. The SMILES string of the molecule is COC(=O)[C@H](CCC(=O)N[C@H](C(=O)O)C(C)(C)C)NC(=O)OC(C)(C)C. The molecule has 0 aromatic rings. The van der Waals surface area contributed by atoms with Gasteiger partial charge in [-0.2, -0.15) is 0 Å². The largest absolute Gasteiger partial charge is 0.480 e. The maximum absolute atomic E-state index is 12.1. The van der Waals surface area contributed by atoms with Gasteiger partial charge in [-0.3, -0.25) is 4.79 Å². The van der Waals surface area contributed by atoms with Crippen molar-refractivity contribution in [2.24, 2.45) is 5.41 Å². The zero-order valence-electron chi connectivity index (χ0n) is 16.5. The summed E-state index contributed by atoms with van der Waals surface area (Å²) in [7, 11) is 1.16. The number of carboxylic acid groups (broad SMARTS) is 1. The van der Waals surface area contributed by atoms with Crippen molar-refractivity contribution in [2.45, 2.75) is 72.1 Å². The smallest absolute Gasteiger partial charge is 0.408 e. The molecule has 3 N–H and O–H groups in total. The molecule has 0 bridgehead atoms. The number of aliphatic carboxylic acids is 1. The first-order valence-electron chi connectivity index (χ1n) is 8.27. The predicted molar refractivity (Wildman–Crippen MR) is 93.4 cm³/mol. The van der Waals surface area contributed by atoms with E-state index in [-0.39, 0.29) is 12.8 Å². The molecule has 0 aliphatic rings. The third-order valence-corrected chi connectivity index (χ3v) is 3.26. The van der Waals surface area contributed by atoms with E-state index in [2.05, 4.69) is 15.4 Å². The molecule has 9 heteroatoms. The van der Waals surface area contributed by atoms with Gasteiger partial charge in [0.2, 0.25) is 5.91 Å². The monoisotopic (exact) mass is 374 g/mol. The van der Waals surface area contributed by atoms with Crippen LogP contribution in [0.15, 0.2) is 0 Å². The molecule has 0 rings (SSSR count). The maximum atomic E-state index is 12.1. The second-order valence-corrected chi connectivity index (χ2v) is 7.97. The number of esters is 1. The van der Waals surface area contributed by atoms with Crippen LogP contribution in [0.3, 0.4) is 0 Å².